The molecule has 1 spiro atoms. The number of halogens is 1. The van der Waals surface area contributed by atoms with E-state index < -0.39 is 0 Å². The van der Waals surface area contributed by atoms with E-state index in [1.807, 2.05) is 0 Å². The zero-order valence-electron chi connectivity index (χ0n) is 9.17. The van der Waals surface area contributed by atoms with Crippen molar-refractivity contribution in [1.29, 1.82) is 0 Å². The van der Waals surface area contributed by atoms with Crippen LogP contribution in [-0.2, 0) is 27.6 Å². The van der Waals surface area contributed by atoms with Crippen LogP contribution in [0.4, 0.5) is 0 Å². The second-order valence-electron chi connectivity index (χ2n) is 4.52. The molecule has 1 aromatic carbocycles. The van der Waals surface area contributed by atoms with Gasteiger partial charge >= 0.3 is 0 Å². The standard InChI is InChI=1S/C13H15BrO2/c14-9-10-1-2-11-3-4-13(8-12(11)7-10)15-5-6-16-13/h1-2,7H,3-6,8-9H2. The molecule has 2 nitrogen and oxygen atoms in total. The molecule has 0 unspecified atom stereocenters. The van der Waals surface area contributed by atoms with Crippen molar-refractivity contribution >= 4 is 15.9 Å². The lowest BCUT2D eigenvalue weighted by molar-refractivity contribution is -0.163. The number of aryl methyl sites for hydroxylation is 1. The summed E-state index contributed by atoms with van der Waals surface area (Å²) < 4.78 is 11.6. The van der Waals surface area contributed by atoms with Gasteiger partial charge in [-0.1, -0.05) is 34.1 Å². The van der Waals surface area contributed by atoms with Crippen molar-refractivity contribution in [2.75, 3.05) is 13.2 Å². The lowest BCUT2D eigenvalue weighted by Crippen LogP contribution is -2.36. The van der Waals surface area contributed by atoms with Crippen LogP contribution in [0, 0.1) is 0 Å². The fourth-order valence-electron chi connectivity index (χ4n) is 2.62. The summed E-state index contributed by atoms with van der Waals surface area (Å²) in [4.78, 5) is 0. The van der Waals surface area contributed by atoms with Crippen LogP contribution in [-0.4, -0.2) is 19.0 Å². The molecule has 0 aromatic heterocycles. The zero-order chi connectivity index (χ0) is 11.0. The summed E-state index contributed by atoms with van der Waals surface area (Å²) >= 11 is 3.50. The number of benzene rings is 1. The molecule has 1 aliphatic carbocycles. The third-order valence-electron chi connectivity index (χ3n) is 3.47. The van der Waals surface area contributed by atoms with Gasteiger partial charge in [-0.25, -0.2) is 0 Å². The average molecular weight is 283 g/mol. The summed E-state index contributed by atoms with van der Waals surface area (Å²) in [6.45, 7) is 1.49. The fraction of sp³-hybridized carbons (Fsp3) is 0.538. The van der Waals surface area contributed by atoms with Crippen molar-refractivity contribution < 1.29 is 9.47 Å². The SMILES string of the molecule is BrCc1ccc2c(c1)CC1(CC2)OCCO1. The molecule has 0 bridgehead atoms. The molecule has 1 fully saturated rings. The molecule has 0 saturated carbocycles. The van der Waals surface area contributed by atoms with Crippen LogP contribution in [0.25, 0.3) is 0 Å². The van der Waals surface area contributed by atoms with Crippen molar-refractivity contribution in [3.8, 4) is 0 Å². The van der Waals surface area contributed by atoms with E-state index in [9.17, 15) is 0 Å². The highest BCUT2D eigenvalue weighted by Crippen LogP contribution is 2.35. The average Bonchev–Trinajstić information content (AvgIpc) is 2.76. The molecule has 86 valence electrons. The molecule has 0 radical (unpaired) electrons. The van der Waals surface area contributed by atoms with E-state index >= 15 is 0 Å². The van der Waals surface area contributed by atoms with Crippen molar-refractivity contribution in [2.24, 2.45) is 0 Å². The quantitative estimate of drug-likeness (QED) is 0.738. The van der Waals surface area contributed by atoms with Crippen LogP contribution in [0.3, 0.4) is 0 Å². The molecule has 1 aliphatic heterocycles. The molecule has 0 atom stereocenters. The van der Waals surface area contributed by atoms with Crippen molar-refractivity contribution in [3.05, 3.63) is 34.9 Å². The molecular weight excluding hydrogens is 268 g/mol. The Morgan fingerprint density at radius 1 is 1.19 bits per heavy atom. The first kappa shape index (κ1) is 10.8. The first-order chi connectivity index (χ1) is 7.81. The smallest absolute Gasteiger partial charge is 0.172 e. The van der Waals surface area contributed by atoms with E-state index in [-0.39, 0.29) is 5.79 Å². The monoisotopic (exact) mass is 282 g/mol. The maximum atomic E-state index is 5.78. The lowest BCUT2D eigenvalue weighted by Gasteiger charge is -2.33. The topological polar surface area (TPSA) is 18.5 Å². The van der Waals surface area contributed by atoms with Crippen molar-refractivity contribution in [2.45, 2.75) is 30.4 Å². The fourth-order valence-corrected chi connectivity index (χ4v) is 2.97. The third-order valence-corrected chi connectivity index (χ3v) is 4.12. The van der Waals surface area contributed by atoms with Crippen LogP contribution in [0.5, 0.6) is 0 Å². The highest BCUT2D eigenvalue weighted by molar-refractivity contribution is 9.08. The van der Waals surface area contributed by atoms with E-state index in [4.69, 9.17) is 9.47 Å². The van der Waals surface area contributed by atoms with E-state index in [1.54, 1.807) is 0 Å². The molecule has 16 heavy (non-hydrogen) atoms. The van der Waals surface area contributed by atoms with Gasteiger partial charge in [0.15, 0.2) is 5.79 Å². The first-order valence-corrected chi connectivity index (χ1v) is 6.88. The number of rotatable bonds is 1. The molecule has 1 aromatic rings. The van der Waals surface area contributed by atoms with Crippen molar-refractivity contribution in [1.82, 2.24) is 0 Å². The highest BCUT2D eigenvalue weighted by Gasteiger charge is 2.39. The van der Waals surface area contributed by atoms with E-state index in [2.05, 4.69) is 34.1 Å². The second-order valence-corrected chi connectivity index (χ2v) is 5.08. The molecule has 1 heterocycles. The van der Waals surface area contributed by atoms with E-state index in [0.29, 0.717) is 0 Å². The van der Waals surface area contributed by atoms with Gasteiger partial charge in [-0.15, -0.1) is 0 Å². The summed E-state index contributed by atoms with van der Waals surface area (Å²) in [5, 5.41) is 0.912. The summed E-state index contributed by atoms with van der Waals surface area (Å²) in [7, 11) is 0. The largest absolute Gasteiger partial charge is 0.347 e. The minimum absolute atomic E-state index is 0.308. The Kier molecular flexibility index (Phi) is 2.78. The lowest BCUT2D eigenvalue weighted by atomic mass is 9.86. The number of hydrogen-bond acceptors (Lipinski definition) is 2. The van der Waals surface area contributed by atoms with Gasteiger partial charge in [-0.3, -0.25) is 0 Å². The van der Waals surface area contributed by atoms with Gasteiger partial charge < -0.3 is 9.47 Å². The maximum Gasteiger partial charge on any atom is 0.172 e. The Bertz CT molecular complexity index is 397. The van der Waals surface area contributed by atoms with Gasteiger partial charge in [0.2, 0.25) is 0 Å². The Balaban J connectivity index is 1.91. The van der Waals surface area contributed by atoms with Gasteiger partial charge in [-0.2, -0.15) is 0 Å². The van der Waals surface area contributed by atoms with Gasteiger partial charge in [0.05, 0.1) is 13.2 Å². The van der Waals surface area contributed by atoms with Gasteiger partial charge in [0, 0.05) is 18.2 Å². The first-order valence-electron chi connectivity index (χ1n) is 5.76. The Hall–Kier alpha value is -0.380. The number of fused-ring (bicyclic) bond motifs is 1. The van der Waals surface area contributed by atoms with Crippen LogP contribution >= 0.6 is 15.9 Å². The van der Waals surface area contributed by atoms with Gasteiger partial charge in [0.25, 0.3) is 0 Å². The Labute approximate surface area is 104 Å². The molecule has 3 rings (SSSR count). The molecular formula is C13H15BrO2. The molecule has 0 amide bonds. The van der Waals surface area contributed by atoms with Crippen molar-refractivity contribution in [3.63, 3.8) is 0 Å². The van der Waals surface area contributed by atoms with Gasteiger partial charge in [-0.05, 0) is 23.1 Å². The second kappa shape index (κ2) is 4.13. The molecule has 1 saturated heterocycles. The highest BCUT2D eigenvalue weighted by atomic mass is 79.9. The van der Waals surface area contributed by atoms with E-state index in [0.717, 1.165) is 37.8 Å². The van der Waals surface area contributed by atoms with Crippen LogP contribution < -0.4 is 0 Å². The molecule has 3 heteroatoms. The Morgan fingerprint density at radius 2 is 2.00 bits per heavy atom. The Morgan fingerprint density at radius 3 is 2.75 bits per heavy atom. The normalized spacial score (nSPS) is 22.3. The summed E-state index contributed by atoms with van der Waals surface area (Å²) in [6.07, 6.45) is 2.97. The molecule has 2 aliphatic rings. The van der Waals surface area contributed by atoms with E-state index in [1.165, 1.54) is 16.7 Å². The third kappa shape index (κ3) is 1.81. The van der Waals surface area contributed by atoms with Crippen LogP contribution in [0.15, 0.2) is 18.2 Å². The summed E-state index contributed by atoms with van der Waals surface area (Å²) in [6, 6.07) is 6.71. The summed E-state index contributed by atoms with van der Waals surface area (Å²) in [5.74, 6) is -0.308. The number of hydrogen-bond donors (Lipinski definition) is 0. The van der Waals surface area contributed by atoms with Gasteiger partial charge in [0.1, 0.15) is 0 Å². The van der Waals surface area contributed by atoms with Crippen LogP contribution in [0.2, 0.25) is 0 Å². The predicted molar refractivity (Wildman–Crippen MR) is 65.7 cm³/mol. The minimum atomic E-state index is -0.308. The predicted octanol–water partition coefficient (Wildman–Crippen LogP) is 2.81. The zero-order valence-corrected chi connectivity index (χ0v) is 10.8. The number of alkyl halides is 1. The maximum absolute atomic E-state index is 5.78. The summed E-state index contributed by atoms with van der Waals surface area (Å²) in [5.41, 5.74) is 4.17. The van der Waals surface area contributed by atoms with Crippen LogP contribution in [0.1, 0.15) is 23.1 Å². The minimum Gasteiger partial charge on any atom is -0.347 e. The molecule has 0 N–H and O–H groups in total. The number of ether oxygens (including phenoxy) is 2.